The highest BCUT2D eigenvalue weighted by molar-refractivity contribution is 7.92. The molecule has 102 valence electrons. The number of hydrogen-bond donors (Lipinski definition) is 1. The van der Waals surface area contributed by atoms with Gasteiger partial charge in [0.25, 0.3) is 10.0 Å². The highest BCUT2D eigenvalue weighted by Gasteiger charge is 2.19. The molecule has 0 spiro atoms. The van der Waals surface area contributed by atoms with Crippen molar-refractivity contribution >= 4 is 27.3 Å². The minimum Gasteiger partial charge on any atom is -0.337 e. The number of aryl methyl sites for hydroxylation is 2. The summed E-state index contributed by atoms with van der Waals surface area (Å²) >= 11 is 5.59. The second-order valence-corrected chi connectivity index (χ2v) is 6.01. The minimum absolute atomic E-state index is 0.104. The van der Waals surface area contributed by atoms with Gasteiger partial charge in [0.1, 0.15) is 11.6 Å². The maximum absolute atomic E-state index is 13.0. The molecule has 0 saturated heterocycles. The van der Waals surface area contributed by atoms with Crippen LogP contribution in [0.25, 0.3) is 0 Å². The second-order valence-electron chi connectivity index (χ2n) is 3.97. The Balaban J connectivity index is 2.33. The number of benzene rings is 1. The van der Waals surface area contributed by atoms with Crippen molar-refractivity contribution < 1.29 is 12.8 Å². The zero-order valence-electron chi connectivity index (χ0n) is 10.2. The van der Waals surface area contributed by atoms with Crippen LogP contribution >= 0.6 is 11.6 Å². The third-order valence-electron chi connectivity index (χ3n) is 2.53. The zero-order chi connectivity index (χ0) is 14.2. The molecule has 0 unspecified atom stereocenters. The molecule has 0 bridgehead atoms. The summed E-state index contributed by atoms with van der Waals surface area (Å²) in [5.74, 6) is -0.0455. The number of nitrogens with one attached hydrogen (secondary N) is 1. The van der Waals surface area contributed by atoms with Crippen molar-refractivity contribution in [2.45, 2.75) is 11.9 Å². The maximum Gasteiger partial charge on any atom is 0.280 e. The molecular weight excluding hydrogens is 293 g/mol. The minimum atomic E-state index is -3.81. The van der Waals surface area contributed by atoms with Gasteiger partial charge in [-0.2, -0.15) is 8.42 Å². The van der Waals surface area contributed by atoms with E-state index in [4.69, 9.17) is 11.6 Å². The Morgan fingerprint density at radius 2 is 2.11 bits per heavy atom. The molecule has 0 aliphatic carbocycles. The van der Waals surface area contributed by atoms with Crippen LogP contribution in [-0.4, -0.2) is 18.0 Å². The number of sulfonamides is 1. The largest absolute Gasteiger partial charge is 0.337 e. The molecule has 0 aliphatic rings. The van der Waals surface area contributed by atoms with E-state index in [1.54, 1.807) is 18.5 Å². The van der Waals surface area contributed by atoms with E-state index < -0.39 is 15.8 Å². The fraction of sp³-hybridized carbons (Fsp3) is 0.182. The molecule has 2 rings (SSSR count). The molecule has 0 radical (unpaired) electrons. The van der Waals surface area contributed by atoms with E-state index in [-0.39, 0.29) is 15.7 Å². The van der Waals surface area contributed by atoms with E-state index in [1.807, 2.05) is 0 Å². The van der Waals surface area contributed by atoms with Gasteiger partial charge in [-0.05, 0) is 25.1 Å². The number of imidazole rings is 1. The van der Waals surface area contributed by atoms with Gasteiger partial charge in [0.2, 0.25) is 0 Å². The summed E-state index contributed by atoms with van der Waals surface area (Å²) < 4.78 is 40.9. The van der Waals surface area contributed by atoms with Gasteiger partial charge in [-0.25, -0.2) is 9.37 Å². The fourth-order valence-electron chi connectivity index (χ4n) is 1.42. The molecule has 5 nitrogen and oxygen atoms in total. The third kappa shape index (κ3) is 2.87. The lowest BCUT2D eigenvalue weighted by Crippen LogP contribution is -2.13. The smallest absolute Gasteiger partial charge is 0.280 e. The van der Waals surface area contributed by atoms with Crippen molar-refractivity contribution in [3.05, 3.63) is 41.1 Å². The number of aromatic nitrogens is 2. The molecule has 19 heavy (non-hydrogen) atoms. The molecule has 0 atom stereocenters. The van der Waals surface area contributed by atoms with Gasteiger partial charge in [-0.1, -0.05) is 11.6 Å². The summed E-state index contributed by atoms with van der Waals surface area (Å²) in [7, 11) is -2.12. The first kappa shape index (κ1) is 13.8. The lowest BCUT2D eigenvalue weighted by atomic mass is 10.3. The number of rotatable bonds is 3. The van der Waals surface area contributed by atoms with Crippen LogP contribution in [0.15, 0.2) is 29.4 Å². The number of hydrogen-bond acceptors (Lipinski definition) is 3. The van der Waals surface area contributed by atoms with Gasteiger partial charge < -0.3 is 4.57 Å². The van der Waals surface area contributed by atoms with Gasteiger partial charge >= 0.3 is 0 Å². The Kier molecular flexibility index (Phi) is 3.51. The van der Waals surface area contributed by atoms with Crippen molar-refractivity contribution in [2.24, 2.45) is 7.05 Å². The monoisotopic (exact) mass is 303 g/mol. The van der Waals surface area contributed by atoms with Crippen molar-refractivity contribution in [1.29, 1.82) is 0 Å². The Bertz CT molecular complexity index is 708. The lowest BCUT2D eigenvalue weighted by molar-refractivity contribution is 0.597. The Hall–Kier alpha value is -1.60. The molecule has 8 heteroatoms. The van der Waals surface area contributed by atoms with Crippen molar-refractivity contribution in [2.75, 3.05) is 4.72 Å². The van der Waals surface area contributed by atoms with E-state index >= 15 is 0 Å². The van der Waals surface area contributed by atoms with Gasteiger partial charge in [-0.15, -0.1) is 0 Å². The summed E-state index contributed by atoms with van der Waals surface area (Å²) in [6.07, 6.45) is 1.39. The molecule has 1 aromatic heterocycles. The van der Waals surface area contributed by atoms with Gasteiger partial charge in [0, 0.05) is 13.2 Å². The van der Waals surface area contributed by atoms with Crippen LogP contribution in [0.3, 0.4) is 0 Å². The van der Waals surface area contributed by atoms with Crippen LogP contribution in [0.4, 0.5) is 10.1 Å². The quantitative estimate of drug-likeness (QED) is 0.946. The van der Waals surface area contributed by atoms with Gasteiger partial charge in [-0.3, -0.25) is 4.72 Å². The van der Waals surface area contributed by atoms with Crippen molar-refractivity contribution in [3.63, 3.8) is 0 Å². The van der Waals surface area contributed by atoms with E-state index in [1.165, 1.54) is 18.3 Å². The van der Waals surface area contributed by atoms with Crippen LogP contribution in [0.2, 0.25) is 5.02 Å². The average Bonchev–Trinajstić information content (AvgIpc) is 2.65. The number of nitrogens with zero attached hydrogens (tertiary/aromatic N) is 2. The standard InChI is InChI=1S/C11H11ClFN3O2S/c1-7-14-11(6-16(7)2)19(17,18)15-8-3-4-10(13)9(12)5-8/h3-6,15H,1-2H3. The van der Waals surface area contributed by atoms with Crippen LogP contribution in [0.5, 0.6) is 0 Å². The molecular formula is C11H11ClFN3O2S. The van der Waals surface area contributed by atoms with E-state index in [9.17, 15) is 12.8 Å². The molecule has 2 aromatic rings. The third-order valence-corrected chi connectivity index (χ3v) is 4.08. The highest BCUT2D eigenvalue weighted by atomic mass is 35.5. The highest BCUT2D eigenvalue weighted by Crippen LogP contribution is 2.21. The topological polar surface area (TPSA) is 64.0 Å². The predicted octanol–water partition coefficient (Wildman–Crippen LogP) is 2.32. The Labute approximate surface area is 115 Å². The van der Waals surface area contributed by atoms with Crippen LogP contribution in [0.1, 0.15) is 5.82 Å². The van der Waals surface area contributed by atoms with Crippen LogP contribution in [0, 0.1) is 12.7 Å². The fourth-order valence-corrected chi connectivity index (χ4v) is 2.69. The second kappa shape index (κ2) is 4.82. The SMILES string of the molecule is Cc1nc(S(=O)(=O)Nc2ccc(F)c(Cl)c2)cn1C. The molecule has 1 heterocycles. The summed E-state index contributed by atoms with van der Waals surface area (Å²) in [6.45, 7) is 1.69. The van der Waals surface area contributed by atoms with E-state index in [2.05, 4.69) is 9.71 Å². The van der Waals surface area contributed by atoms with E-state index in [0.717, 1.165) is 6.07 Å². The zero-order valence-corrected chi connectivity index (χ0v) is 11.8. The van der Waals surface area contributed by atoms with E-state index in [0.29, 0.717) is 5.82 Å². The van der Waals surface area contributed by atoms with Crippen LogP contribution in [-0.2, 0) is 17.1 Å². The summed E-state index contributed by atoms with van der Waals surface area (Å²) in [6, 6.07) is 3.57. The maximum atomic E-state index is 13.0. The molecule has 0 saturated carbocycles. The first-order valence-corrected chi connectivity index (χ1v) is 7.13. The Morgan fingerprint density at radius 3 is 2.63 bits per heavy atom. The molecule has 0 fully saturated rings. The normalized spacial score (nSPS) is 11.6. The predicted molar refractivity (Wildman–Crippen MR) is 70.2 cm³/mol. The Morgan fingerprint density at radius 1 is 1.42 bits per heavy atom. The molecule has 1 aromatic carbocycles. The average molecular weight is 304 g/mol. The van der Waals surface area contributed by atoms with Crippen molar-refractivity contribution in [3.8, 4) is 0 Å². The molecule has 1 N–H and O–H groups in total. The first-order chi connectivity index (χ1) is 8.79. The van der Waals surface area contributed by atoms with Crippen molar-refractivity contribution in [1.82, 2.24) is 9.55 Å². The molecule has 0 amide bonds. The summed E-state index contributed by atoms with van der Waals surface area (Å²) in [5, 5.41) is -0.259. The van der Waals surface area contributed by atoms with Crippen LogP contribution < -0.4 is 4.72 Å². The first-order valence-electron chi connectivity index (χ1n) is 5.27. The number of anilines is 1. The summed E-state index contributed by atoms with van der Waals surface area (Å²) in [5.41, 5.74) is 0.176. The lowest BCUT2D eigenvalue weighted by Gasteiger charge is -2.06. The number of halogens is 2. The molecule has 0 aliphatic heterocycles. The summed E-state index contributed by atoms with van der Waals surface area (Å²) in [4.78, 5) is 3.92. The van der Waals surface area contributed by atoms with Gasteiger partial charge in [0.15, 0.2) is 5.03 Å². The van der Waals surface area contributed by atoms with Gasteiger partial charge in [0.05, 0.1) is 10.7 Å².